The summed E-state index contributed by atoms with van der Waals surface area (Å²) in [5.74, 6) is 1.11. The van der Waals surface area contributed by atoms with E-state index in [0.29, 0.717) is 11.1 Å². The molecule has 1 fully saturated rings. The van der Waals surface area contributed by atoms with Gasteiger partial charge in [-0.2, -0.15) is 11.8 Å². The molecule has 6 heteroatoms. The molecular formula is C16H21Cl2NO2S. The molecule has 0 bridgehead atoms. The molecule has 0 amide bonds. The van der Waals surface area contributed by atoms with Crippen molar-refractivity contribution in [2.24, 2.45) is 5.92 Å². The van der Waals surface area contributed by atoms with Crippen LogP contribution < -0.4 is 5.32 Å². The van der Waals surface area contributed by atoms with Gasteiger partial charge >= 0.3 is 5.97 Å². The number of carbonyl (C=O) groups is 1. The number of carboxylic acid groups (broad SMARTS) is 1. The lowest BCUT2D eigenvalue weighted by Gasteiger charge is -2.26. The van der Waals surface area contributed by atoms with Gasteiger partial charge in [0.15, 0.2) is 0 Å². The standard InChI is InChI=1S/C16H21Cl2NO2S/c17-13-4-1-12(15(18)9-13)10-22-8-7-19-14-5-2-11(3-6-14)16(20)21/h1,4,9,11,14,19H,2-3,5-8,10H2,(H,20,21). The average molecular weight is 362 g/mol. The number of nitrogens with one attached hydrogen (secondary N) is 1. The molecule has 0 radical (unpaired) electrons. The minimum absolute atomic E-state index is 0.139. The van der Waals surface area contributed by atoms with Crippen molar-refractivity contribution in [2.45, 2.75) is 37.5 Å². The van der Waals surface area contributed by atoms with E-state index in [4.69, 9.17) is 28.3 Å². The Kier molecular flexibility index (Phi) is 7.35. The number of carboxylic acids is 1. The predicted octanol–water partition coefficient (Wildman–Crippen LogP) is 4.46. The van der Waals surface area contributed by atoms with Crippen molar-refractivity contribution in [3.05, 3.63) is 33.8 Å². The number of rotatable bonds is 7. The topological polar surface area (TPSA) is 49.3 Å². The molecule has 0 atom stereocenters. The van der Waals surface area contributed by atoms with E-state index in [1.165, 1.54) is 0 Å². The van der Waals surface area contributed by atoms with E-state index in [-0.39, 0.29) is 5.92 Å². The molecule has 2 rings (SSSR count). The fourth-order valence-electron chi connectivity index (χ4n) is 2.70. The van der Waals surface area contributed by atoms with Gasteiger partial charge in [-0.25, -0.2) is 0 Å². The molecule has 22 heavy (non-hydrogen) atoms. The lowest BCUT2D eigenvalue weighted by molar-refractivity contribution is -0.142. The second-order valence-corrected chi connectivity index (χ2v) is 7.58. The minimum atomic E-state index is -0.645. The van der Waals surface area contributed by atoms with Crippen LogP contribution in [0.3, 0.4) is 0 Å². The van der Waals surface area contributed by atoms with Gasteiger partial charge < -0.3 is 10.4 Å². The Morgan fingerprint density at radius 3 is 2.64 bits per heavy atom. The monoisotopic (exact) mass is 361 g/mol. The fraction of sp³-hybridized carbons (Fsp3) is 0.562. The summed E-state index contributed by atoms with van der Waals surface area (Å²) >= 11 is 13.9. The SMILES string of the molecule is O=C(O)C1CCC(NCCSCc2ccc(Cl)cc2Cl)CC1. The summed E-state index contributed by atoms with van der Waals surface area (Å²) in [6.07, 6.45) is 3.51. The zero-order chi connectivity index (χ0) is 15.9. The van der Waals surface area contributed by atoms with Gasteiger partial charge in [-0.1, -0.05) is 29.3 Å². The van der Waals surface area contributed by atoms with Crippen LogP contribution in [0.15, 0.2) is 18.2 Å². The Labute approximate surface area is 145 Å². The van der Waals surface area contributed by atoms with Crippen molar-refractivity contribution in [1.82, 2.24) is 5.32 Å². The van der Waals surface area contributed by atoms with Crippen molar-refractivity contribution >= 4 is 40.9 Å². The summed E-state index contributed by atoms with van der Waals surface area (Å²) in [6.45, 7) is 0.943. The maximum atomic E-state index is 10.9. The van der Waals surface area contributed by atoms with Gasteiger partial charge in [0, 0.05) is 34.1 Å². The molecule has 122 valence electrons. The molecule has 3 nitrogen and oxygen atoms in total. The summed E-state index contributed by atoms with van der Waals surface area (Å²) in [7, 11) is 0. The summed E-state index contributed by atoms with van der Waals surface area (Å²) in [5, 5.41) is 13.9. The first-order valence-electron chi connectivity index (χ1n) is 7.54. The van der Waals surface area contributed by atoms with Crippen molar-refractivity contribution in [2.75, 3.05) is 12.3 Å². The fourth-order valence-corrected chi connectivity index (χ4v) is 4.13. The average Bonchev–Trinajstić information content (AvgIpc) is 2.49. The third-order valence-electron chi connectivity index (χ3n) is 4.03. The van der Waals surface area contributed by atoms with Gasteiger partial charge in [-0.3, -0.25) is 4.79 Å². The van der Waals surface area contributed by atoms with E-state index >= 15 is 0 Å². The smallest absolute Gasteiger partial charge is 0.306 e. The Morgan fingerprint density at radius 2 is 2.00 bits per heavy atom. The van der Waals surface area contributed by atoms with Crippen LogP contribution in [0.2, 0.25) is 10.0 Å². The van der Waals surface area contributed by atoms with E-state index in [1.54, 1.807) is 6.07 Å². The van der Waals surface area contributed by atoms with E-state index < -0.39 is 5.97 Å². The lowest BCUT2D eigenvalue weighted by atomic mass is 9.86. The minimum Gasteiger partial charge on any atom is -0.481 e. The molecule has 0 heterocycles. The van der Waals surface area contributed by atoms with Gasteiger partial charge in [0.25, 0.3) is 0 Å². The summed E-state index contributed by atoms with van der Waals surface area (Å²) < 4.78 is 0. The van der Waals surface area contributed by atoms with Crippen LogP contribution in [0.25, 0.3) is 0 Å². The summed E-state index contributed by atoms with van der Waals surface area (Å²) in [6, 6.07) is 6.08. The molecule has 2 N–H and O–H groups in total. The molecule has 0 aliphatic heterocycles. The second-order valence-electron chi connectivity index (χ2n) is 5.63. The van der Waals surface area contributed by atoms with Crippen molar-refractivity contribution in [3.8, 4) is 0 Å². The third kappa shape index (κ3) is 5.65. The van der Waals surface area contributed by atoms with Gasteiger partial charge in [0.2, 0.25) is 0 Å². The van der Waals surface area contributed by atoms with Crippen LogP contribution in [0.1, 0.15) is 31.2 Å². The predicted molar refractivity (Wildman–Crippen MR) is 94.0 cm³/mol. The first kappa shape index (κ1) is 17.9. The molecule has 0 aromatic heterocycles. The van der Waals surface area contributed by atoms with Crippen LogP contribution in [-0.2, 0) is 10.5 Å². The number of halogens is 2. The quantitative estimate of drug-likeness (QED) is 0.703. The van der Waals surface area contributed by atoms with Crippen LogP contribution in [0.4, 0.5) is 0 Å². The number of benzene rings is 1. The van der Waals surface area contributed by atoms with E-state index in [9.17, 15) is 4.79 Å². The third-order valence-corrected chi connectivity index (χ3v) is 5.62. The molecule has 0 spiro atoms. The number of aliphatic carboxylic acids is 1. The normalized spacial score (nSPS) is 21.7. The van der Waals surface area contributed by atoms with Gasteiger partial charge in [0.1, 0.15) is 0 Å². The Hall–Kier alpha value is -0.420. The van der Waals surface area contributed by atoms with E-state index in [0.717, 1.165) is 54.3 Å². The van der Waals surface area contributed by atoms with Gasteiger partial charge in [0.05, 0.1) is 5.92 Å². The lowest BCUT2D eigenvalue weighted by Crippen LogP contribution is -2.36. The van der Waals surface area contributed by atoms with E-state index in [1.807, 2.05) is 23.9 Å². The molecule has 0 unspecified atom stereocenters. The molecule has 1 aliphatic rings. The number of hydrogen-bond donors (Lipinski definition) is 2. The zero-order valence-corrected chi connectivity index (χ0v) is 14.7. The largest absolute Gasteiger partial charge is 0.481 e. The molecule has 1 aromatic carbocycles. The Morgan fingerprint density at radius 1 is 1.27 bits per heavy atom. The molecule has 1 saturated carbocycles. The second kappa shape index (κ2) is 9.02. The number of hydrogen-bond acceptors (Lipinski definition) is 3. The highest BCUT2D eigenvalue weighted by molar-refractivity contribution is 7.98. The van der Waals surface area contributed by atoms with Crippen LogP contribution in [0.5, 0.6) is 0 Å². The first-order chi connectivity index (χ1) is 10.6. The summed E-state index contributed by atoms with van der Waals surface area (Å²) in [5.41, 5.74) is 1.11. The zero-order valence-electron chi connectivity index (χ0n) is 12.4. The highest BCUT2D eigenvalue weighted by Crippen LogP contribution is 2.26. The van der Waals surface area contributed by atoms with Crippen LogP contribution >= 0.6 is 35.0 Å². The van der Waals surface area contributed by atoms with Crippen molar-refractivity contribution < 1.29 is 9.90 Å². The summed E-state index contributed by atoms with van der Waals surface area (Å²) in [4.78, 5) is 10.9. The molecule has 1 aromatic rings. The van der Waals surface area contributed by atoms with Crippen molar-refractivity contribution in [3.63, 3.8) is 0 Å². The first-order valence-corrected chi connectivity index (χ1v) is 9.45. The van der Waals surface area contributed by atoms with Crippen molar-refractivity contribution in [1.29, 1.82) is 0 Å². The number of thioether (sulfide) groups is 1. The molecular weight excluding hydrogens is 341 g/mol. The van der Waals surface area contributed by atoms with Gasteiger partial charge in [-0.15, -0.1) is 0 Å². The highest BCUT2D eigenvalue weighted by atomic mass is 35.5. The highest BCUT2D eigenvalue weighted by Gasteiger charge is 2.25. The Bertz CT molecular complexity index is 505. The van der Waals surface area contributed by atoms with Crippen LogP contribution in [-0.4, -0.2) is 29.4 Å². The maximum absolute atomic E-state index is 10.9. The van der Waals surface area contributed by atoms with Crippen LogP contribution in [0, 0.1) is 5.92 Å². The maximum Gasteiger partial charge on any atom is 0.306 e. The van der Waals surface area contributed by atoms with Gasteiger partial charge in [-0.05, 0) is 43.4 Å². The molecule has 1 aliphatic carbocycles. The Balaban J connectivity index is 1.59. The molecule has 0 saturated heterocycles. The van der Waals surface area contributed by atoms with E-state index in [2.05, 4.69) is 5.32 Å².